The summed E-state index contributed by atoms with van der Waals surface area (Å²) in [5, 5.41) is 0. The van der Waals surface area contributed by atoms with Crippen LogP contribution in [0.2, 0.25) is 0 Å². The first-order valence-corrected chi connectivity index (χ1v) is 2.95. The topological polar surface area (TPSA) is 12.4 Å². The SMILES string of the molecule is C=N/C=C(/Br)C(=C)C. The van der Waals surface area contributed by atoms with E-state index in [1.807, 2.05) is 6.92 Å². The minimum atomic E-state index is 0.896. The minimum Gasteiger partial charge on any atom is -0.271 e. The standard InChI is InChI=1S/C6H8BrN/c1-5(2)6(7)4-8-3/h4H,1,3H2,2H3/b6-4+. The first-order valence-electron chi connectivity index (χ1n) is 2.16. The van der Waals surface area contributed by atoms with Crippen molar-refractivity contribution in [1.29, 1.82) is 0 Å². The monoisotopic (exact) mass is 173 g/mol. The lowest BCUT2D eigenvalue weighted by atomic mass is 10.3. The molecule has 1 nitrogen and oxygen atoms in total. The molecule has 0 atom stereocenters. The van der Waals surface area contributed by atoms with Crippen molar-refractivity contribution < 1.29 is 0 Å². The van der Waals surface area contributed by atoms with Crippen molar-refractivity contribution >= 4 is 22.6 Å². The second-order valence-corrected chi connectivity index (χ2v) is 2.29. The van der Waals surface area contributed by atoms with Crippen LogP contribution in [-0.2, 0) is 0 Å². The fourth-order valence-corrected chi connectivity index (χ4v) is 0.335. The van der Waals surface area contributed by atoms with E-state index in [1.165, 1.54) is 0 Å². The molecule has 0 heterocycles. The number of hydrogen-bond donors (Lipinski definition) is 0. The Morgan fingerprint density at radius 2 is 2.25 bits per heavy atom. The van der Waals surface area contributed by atoms with Crippen LogP contribution in [0, 0.1) is 0 Å². The second kappa shape index (κ2) is 3.61. The highest BCUT2D eigenvalue weighted by molar-refractivity contribution is 9.11. The van der Waals surface area contributed by atoms with Crippen molar-refractivity contribution in [2.45, 2.75) is 6.92 Å². The van der Waals surface area contributed by atoms with E-state index in [-0.39, 0.29) is 0 Å². The van der Waals surface area contributed by atoms with Crippen LogP contribution in [0.5, 0.6) is 0 Å². The molecule has 0 aliphatic heterocycles. The zero-order valence-electron chi connectivity index (χ0n) is 4.82. The van der Waals surface area contributed by atoms with Crippen molar-refractivity contribution in [2.75, 3.05) is 0 Å². The van der Waals surface area contributed by atoms with Gasteiger partial charge in [0.05, 0.1) is 0 Å². The number of aliphatic imine (C=N–C) groups is 1. The molecule has 2 heteroatoms. The Kier molecular flexibility index (Phi) is 3.44. The van der Waals surface area contributed by atoms with Crippen LogP contribution >= 0.6 is 15.9 Å². The van der Waals surface area contributed by atoms with E-state index >= 15 is 0 Å². The summed E-state index contributed by atoms with van der Waals surface area (Å²) in [7, 11) is 0. The molecular formula is C6H8BrN. The molecule has 0 unspecified atom stereocenters. The maximum Gasteiger partial charge on any atom is 0.0405 e. The molecule has 44 valence electrons. The van der Waals surface area contributed by atoms with Gasteiger partial charge in [-0.2, -0.15) is 0 Å². The molecule has 0 aromatic heterocycles. The van der Waals surface area contributed by atoms with E-state index in [0.29, 0.717) is 0 Å². The van der Waals surface area contributed by atoms with Gasteiger partial charge in [-0.15, -0.1) is 0 Å². The van der Waals surface area contributed by atoms with Crippen molar-refractivity contribution in [3.8, 4) is 0 Å². The van der Waals surface area contributed by atoms with Gasteiger partial charge in [0.2, 0.25) is 0 Å². The molecule has 0 rings (SSSR count). The summed E-state index contributed by atoms with van der Waals surface area (Å²) < 4.78 is 0.896. The Hall–Kier alpha value is -0.370. The van der Waals surface area contributed by atoms with Crippen molar-refractivity contribution in [3.05, 3.63) is 22.8 Å². The molecule has 8 heavy (non-hydrogen) atoms. The molecule has 0 amide bonds. The van der Waals surface area contributed by atoms with Crippen LogP contribution in [0.25, 0.3) is 0 Å². The largest absolute Gasteiger partial charge is 0.271 e. The minimum absolute atomic E-state index is 0.896. The Morgan fingerprint density at radius 1 is 1.75 bits per heavy atom. The molecule has 0 saturated carbocycles. The second-order valence-electron chi connectivity index (χ2n) is 1.44. The third kappa shape index (κ3) is 2.75. The van der Waals surface area contributed by atoms with Gasteiger partial charge in [-0.25, -0.2) is 0 Å². The smallest absolute Gasteiger partial charge is 0.0405 e. The van der Waals surface area contributed by atoms with Gasteiger partial charge in [0.15, 0.2) is 0 Å². The summed E-state index contributed by atoms with van der Waals surface area (Å²) in [5.41, 5.74) is 0.956. The van der Waals surface area contributed by atoms with Gasteiger partial charge in [-0.1, -0.05) is 6.58 Å². The quantitative estimate of drug-likeness (QED) is 0.450. The van der Waals surface area contributed by atoms with Gasteiger partial charge >= 0.3 is 0 Å². The lowest BCUT2D eigenvalue weighted by Gasteiger charge is -1.89. The molecule has 0 fully saturated rings. The molecule has 0 aromatic carbocycles. The molecule has 0 aliphatic carbocycles. The van der Waals surface area contributed by atoms with Gasteiger partial charge in [0.1, 0.15) is 0 Å². The lowest BCUT2D eigenvalue weighted by Crippen LogP contribution is -1.67. The average Bonchev–Trinajstić information content (AvgIpc) is 1.67. The summed E-state index contributed by atoms with van der Waals surface area (Å²) in [6, 6.07) is 0. The van der Waals surface area contributed by atoms with E-state index < -0.39 is 0 Å². The van der Waals surface area contributed by atoms with Crippen molar-refractivity contribution in [3.63, 3.8) is 0 Å². The molecular weight excluding hydrogens is 166 g/mol. The predicted octanol–water partition coefficient (Wildman–Crippen LogP) is 2.50. The van der Waals surface area contributed by atoms with Gasteiger partial charge in [0.25, 0.3) is 0 Å². The molecule has 0 radical (unpaired) electrons. The highest BCUT2D eigenvalue weighted by Crippen LogP contribution is 2.13. The number of hydrogen-bond acceptors (Lipinski definition) is 1. The molecule has 0 bridgehead atoms. The summed E-state index contributed by atoms with van der Waals surface area (Å²) >= 11 is 3.23. The molecule has 0 N–H and O–H groups in total. The highest BCUT2D eigenvalue weighted by atomic mass is 79.9. The Morgan fingerprint density at radius 3 is 2.38 bits per heavy atom. The Balaban J connectivity index is 3.99. The third-order valence-electron chi connectivity index (χ3n) is 0.612. The lowest BCUT2D eigenvalue weighted by molar-refractivity contribution is 1.49. The number of rotatable bonds is 2. The summed E-state index contributed by atoms with van der Waals surface area (Å²) in [5.74, 6) is 0. The van der Waals surface area contributed by atoms with Crippen LogP contribution in [0.4, 0.5) is 0 Å². The predicted molar refractivity (Wildman–Crippen MR) is 41.4 cm³/mol. The average molecular weight is 174 g/mol. The third-order valence-corrected chi connectivity index (χ3v) is 1.49. The molecule has 0 spiro atoms. The van der Waals surface area contributed by atoms with Crippen LogP contribution in [0.1, 0.15) is 6.92 Å². The maximum absolute atomic E-state index is 3.67. The van der Waals surface area contributed by atoms with Crippen LogP contribution in [0.3, 0.4) is 0 Å². The normalized spacial score (nSPS) is 11.0. The zero-order valence-corrected chi connectivity index (χ0v) is 6.40. The van der Waals surface area contributed by atoms with E-state index in [4.69, 9.17) is 0 Å². The number of nitrogens with zero attached hydrogens (tertiary/aromatic N) is 1. The Labute approximate surface area is 57.9 Å². The van der Waals surface area contributed by atoms with E-state index in [1.54, 1.807) is 6.20 Å². The number of halogens is 1. The first-order chi connectivity index (χ1) is 3.68. The van der Waals surface area contributed by atoms with Crippen LogP contribution in [0.15, 0.2) is 27.8 Å². The van der Waals surface area contributed by atoms with Crippen LogP contribution < -0.4 is 0 Å². The molecule has 0 aliphatic rings. The van der Waals surface area contributed by atoms with Gasteiger partial charge in [-0.05, 0) is 35.1 Å². The number of allylic oxidation sites excluding steroid dienone is 2. The Bertz CT molecular complexity index is 135. The van der Waals surface area contributed by atoms with Crippen molar-refractivity contribution in [1.82, 2.24) is 0 Å². The summed E-state index contributed by atoms with van der Waals surface area (Å²) in [6.45, 7) is 8.85. The highest BCUT2D eigenvalue weighted by Gasteiger charge is 1.86. The zero-order chi connectivity index (χ0) is 6.57. The molecule has 0 saturated heterocycles. The van der Waals surface area contributed by atoms with Gasteiger partial charge < -0.3 is 0 Å². The van der Waals surface area contributed by atoms with Crippen molar-refractivity contribution in [2.24, 2.45) is 4.99 Å². The molecule has 0 aromatic rings. The van der Waals surface area contributed by atoms with Crippen LogP contribution in [-0.4, -0.2) is 6.72 Å². The van der Waals surface area contributed by atoms with E-state index in [9.17, 15) is 0 Å². The fourth-order valence-electron chi connectivity index (χ4n) is 0.190. The summed E-state index contributed by atoms with van der Waals surface area (Å²) in [6.07, 6.45) is 1.61. The van der Waals surface area contributed by atoms with E-state index in [0.717, 1.165) is 10.1 Å². The fraction of sp³-hybridized carbons (Fsp3) is 0.167. The van der Waals surface area contributed by atoms with Gasteiger partial charge in [-0.3, -0.25) is 4.99 Å². The summed E-state index contributed by atoms with van der Waals surface area (Å²) in [4.78, 5) is 3.54. The van der Waals surface area contributed by atoms with Gasteiger partial charge in [0, 0.05) is 10.7 Å². The first kappa shape index (κ1) is 7.63. The maximum atomic E-state index is 3.67. The van der Waals surface area contributed by atoms with E-state index in [2.05, 4.69) is 34.2 Å².